The smallest absolute Gasteiger partial charge is 0.258 e. The Hall–Kier alpha value is -4.40. The van der Waals surface area contributed by atoms with E-state index >= 15 is 0 Å². The van der Waals surface area contributed by atoms with Gasteiger partial charge in [0, 0.05) is 29.3 Å². The molecule has 1 amide bonds. The summed E-state index contributed by atoms with van der Waals surface area (Å²) in [6.45, 7) is 4.10. The number of aromatic nitrogens is 6. The summed E-state index contributed by atoms with van der Waals surface area (Å²) in [5, 5.41) is 12.2. The molecule has 1 N–H and O–H groups in total. The molecule has 0 atom stereocenters. The Morgan fingerprint density at radius 3 is 2.59 bits per heavy atom. The normalized spacial score (nSPS) is 11.2. The SMILES string of the molecule is Cc1nn(C)c(C)c1-c1cc(C(=O)Nc2ncn(Cc3ccccc3F)n2)c2ccccc2n1. The minimum absolute atomic E-state index is 0.137. The summed E-state index contributed by atoms with van der Waals surface area (Å²) >= 11 is 0. The maximum Gasteiger partial charge on any atom is 0.258 e. The number of pyridine rings is 1. The van der Waals surface area contributed by atoms with Gasteiger partial charge in [0.15, 0.2) is 0 Å². The van der Waals surface area contributed by atoms with E-state index in [1.54, 1.807) is 28.9 Å². The summed E-state index contributed by atoms with van der Waals surface area (Å²) in [5.41, 5.74) is 5.00. The first-order chi connectivity index (χ1) is 16.4. The van der Waals surface area contributed by atoms with Crippen LogP contribution in [0.3, 0.4) is 0 Å². The van der Waals surface area contributed by atoms with Gasteiger partial charge in [-0.05, 0) is 32.0 Å². The summed E-state index contributed by atoms with van der Waals surface area (Å²) in [4.78, 5) is 22.3. The van der Waals surface area contributed by atoms with Gasteiger partial charge in [0.05, 0.1) is 29.0 Å². The van der Waals surface area contributed by atoms with Gasteiger partial charge in [-0.15, -0.1) is 5.10 Å². The van der Waals surface area contributed by atoms with E-state index in [1.807, 2.05) is 45.2 Å². The number of nitrogens with zero attached hydrogens (tertiary/aromatic N) is 6. The predicted octanol–water partition coefficient (Wildman–Crippen LogP) is 4.28. The molecule has 0 aliphatic carbocycles. The molecule has 0 unspecified atom stereocenters. The second-order valence-electron chi connectivity index (χ2n) is 8.05. The minimum atomic E-state index is -0.359. The van der Waals surface area contributed by atoms with Crippen molar-refractivity contribution in [3.63, 3.8) is 0 Å². The quantitative estimate of drug-likeness (QED) is 0.427. The zero-order valence-corrected chi connectivity index (χ0v) is 19.0. The number of para-hydroxylation sites is 1. The Labute approximate surface area is 195 Å². The highest BCUT2D eigenvalue weighted by Crippen LogP contribution is 2.29. The molecule has 5 rings (SSSR count). The van der Waals surface area contributed by atoms with Gasteiger partial charge in [-0.3, -0.25) is 14.8 Å². The number of aryl methyl sites for hydroxylation is 2. The molecular weight excluding hydrogens is 433 g/mol. The van der Waals surface area contributed by atoms with Gasteiger partial charge in [-0.1, -0.05) is 36.4 Å². The number of carbonyl (C=O) groups excluding carboxylic acids is 1. The van der Waals surface area contributed by atoms with Crippen LogP contribution in [0.2, 0.25) is 0 Å². The van der Waals surface area contributed by atoms with Gasteiger partial charge in [-0.25, -0.2) is 19.0 Å². The van der Waals surface area contributed by atoms with E-state index in [2.05, 4.69) is 20.5 Å². The number of amides is 1. The third-order valence-electron chi connectivity index (χ3n) is 5.78. The van der Waals surface area contributed by atoms with Crippen molar-refractivity contribution in [2.75, 3.05) is 5.32 Å². The molecule has 0 saturated carbocycles. The standard InChI is InChI=1S/C25H22FN7O/c1-15-23(16(2)32(3)30-15)22-12-19(18-9-5-7-11-21(18)28-22)24(34)29-25-27-14-33(31-25)13-17-8-4-6-10-20(17)26/h4-12,14H,13H2,1-3H3,(H,29,31,34). The molecule has 8 nitrogen and oxygen atoms in total. The van der Waals surface area contributed by atoms with Crippen LogP contribution in [0.15, 0.2) is 60.9 Å². The Balaban J connectivity index is 1.48. The average molecular weight is 455 g/mol. The van der Waals surface area contributed by atoms with Crippen LogP contribution in [0.25, 0.3) is 22.2 Å². The number of hydrogen-bond acceptors (Lipinski definition) is 5. The monoisotopic (exact) mass is 455 g/mol. The Kier molecular flexibility index (Phi) is 5.37. The van der Waals surface area contributed by atoms with Crippen molar-refractivity contribution < 1.29 is 9.18 Å². The molecule has 0 aliphatic heterocycles. The van der Waals surface area contributed by atoms with Crippen LogP contribution in [-0.4, -0.2) is 35.4 Å². The lowest BCUT2D eigenvalue weighted by Crippen LogP contribution is -2.15. The number of hydrogen-bond donors (Lipinski definition) is 1. The zero-order valence-electron chi connectivity index (χ0n) is 19.0. The second-order valence-corrected chi connectivity index (χ2v) is 8.05. The number of benzene rings is 2. The highest BCUT2D eigenvalue weighted by Gasteiger charge is 2.19. The fourth-order valence-electron chi connectivity index (χ4n) is 4.03. The molecule has 0 aliphatic rings. The third-order valence-corrected chi connectivity index (χ3v) is 5.78. The van der Waals surface area contributed by atoms with Crippen LogP contribution in [0.1, 0.15) is 27.3 Å². The number of rotatable bonds is 5. The second kappa shape index (κ2) is 8.51. The maximum absolute atomic E-state index is 14.0. The van der Waals surface area contributed by atoms with Crippen molar-refractivity contribution in [2.45, 2.75) is 20.4 Å². The molecule has 0 spiro atoms. The number of halogens is 1. The summed E-state index contributed by atoms with van der Waals surface area (Å²) < 4.78 is 17.2. The van der Waals surface area contributed by atoms with Crippen molar-refractivity contribution in [2.24, 2.45) is 7.05 Å². The lowest BCUT2D eigenvalue weighted by Gasteiger charge is -2.10. The van der Waals surface area contributed by atoms with Crippen molar-refractivity contribution in [3.8, 4) is 11.3 Å². The largest absolute Gasteiger partial charge is 0.289 e. The number of carbonyl (C=O) groups is 1. The van der Waals surface area contributed by atoms with E-state index in [0.717, 1.165) is 17.0 Å². The Bertz CT molecular complexity index is 1540. The molecule has 0 bridgehead atoms. The number of anilines is 1. The summed E-state index contributed by atoms with van der Waals surface area (Å²) in [6, 6.07) is 15.7. The summed E-state index contributed by atoms with van der Waals surface area (Å²) in [5.74, 6) is -0.541. The van der Waals surface area contributed by atoms with E-state index in [9.17, 15) is 9.18 Å². The number of nitrogens with one attached hydrogen (secondary N) is 1. The van der Waals surface area contributed by atoms with Crippen LogP contribution < -0.4 is 5.32 Å². The lowest BCUT2D eigenvalue weighted by molar-refractivity contribution is 0.102. The summed E-state index contributed by atoms with van der Waals surface area (Å²) in [6.07, 6.45) is 1.46. The van der Waals surface area contributed by atoms with Gasteiger partial charge in [0.25, 0.3) is 5.91 Å². The van der Waals surface area contributed by atoms with Crippen LogP contribution in [-0.2, 0) is 13.6 Å². The average Bonchev–Trinajstić information content (AvgIpc) is 3.36. The van der Waals surface area contributed by atoms with Crippen LogP contribution in [0.5, 0.6) is 0 Å². The van der Waals surface area contributed by atoms with E-state index in [4.69, 9.17) is 4.98 Å². The third kappa shape index (κ3) is 3.92. The van der Waals surface area contributed by atoms with Gasteiger partial charge in [0.1, 0.15) is 12.1 Å². The van der Waals surface area contributed by atoms with Crippen LogP contribution in [0.4, 0.5) is 10.3 Å². The molecule has 34 heavy (non-hydrogen) atoms. The van der Waals surface area contributed by atoms with Crippen molar-refractivity contribution in [1.82, 2.24) is 29.5 Å². The van der Waals surface area contributed by atoms with Gasteiger partial charge < -0.3 is 0 Å². The molecule has 0 fully saturated rings. The van der Waals surface area contributed by atoms with Gasteiger partial charge in [0.2, 0.25) is 5.95 Å². The van der Waals surface area contributed by atoms with Gasteiger partial charge in [-0.2, -0.15) is 5.10 Å². The first kappa shape index (κ1) is 21.4. The summed E-state index contributed by atoms with van der Waals surface area (Å²) in [7, 11) is 1.88. The predicted molar refractivity (Wildman–Crippen MR) is 127 cm³/mol. The number of fused-ring (bicyclic) bond motifs is 1. The molecule has 0 saturated heterocycles. The highest BCUT2D eigenvalue weighted by atomic mass is 19.1. The molecule has 3 heterocycles. The first-order valence-corrected chi connectivity index (χ1v) is 10.8. The molecular formula is C25H22FN7O. The highest BCUT2D eigenvalue weighted by molar-refractivity contribution is 6.12. The van der Waals surface area contributed by atoms with Crippen molar-refractivity contribution >= 4 is 22.8 Å². The zero-order chi connectivity index (χ0) is 23.8. The maximum atomic E-state index is 14.0. The van der Waals surface area contributed by atoms with Crippen LogP contribution >= 0.6 is 0 Å². The lowest BCUT2D eigenvalue weighted by atomic mass is 10.0. The Morgan fingerprint density at radius 2 is 1.82 bits per heavy atom. The van der Waals surface area contributed by atoms with E-state index in [0.29, 0.717) is 27.7 Å². The molecule has 5 aromatic rings. The van der Waals surface area contributed by atoms with E-state index in [1.165, 1.54) is 17.1 Å². The fraction of sp³-hybridized carbons (Fsp3) is 0.160. The molecule has 0 radical (unpaired) electrons. The first-order valence-electron chi connectivity index (χ1n) is 10.8. The van der Waals surface area contributed by atoms with Crippen LogP contribution in [0, 0.1) is 19.7 Å². The van der Waals surface area contributed by atoms with Crippen molar-refractivity contribution in [1.29, 1.82) is 0 Å². The topological polar surface area (TPSA) is 90.5 Å². The van der Waals surface area contributed by atoms with E-state index in [-0.39, 0.29) is 24.2 Å². The molecule has 3 aromatic heterocycles. The fourth-order valence-corrected chi connectivity index (χ4v) is 4.03. The van der Waals surface area contributed by atoms with Crippen molar-refractivity contribution in [3.05, 3.63) is 89.3 Å². The minimum Gasteiger partial charge on any atom is -0.289 e. The van der Waals surface area contributed by atoms with E-state index < -0.39 is 0 Å². The molecule has 9 heteroatoms. The van der Waals surface area contributed by atoms with Gasteiger partial charge >= 0.3 is 0 Å². The molecule has 2 aromatic carbocycles. The Morgan fingerprint density at radius 1 is 1.06 bits per heavy atom. The molecule has 170 valence electrons.